The van der Waals surface area contributed by atoms with Gasteiger partial charge in [0.25, 0.3) is 0 Å². The number of benzene rings is 9. The Morgan fingerprint density at radius 3 is 1.92 bits per heavy atom. The highest BCUT2D eigenvalue weighted by molar-refractivity contribution is 7.24. The van der Waals surface area contributed by atoms with Crippen LogP contribution in [0.1, 0.15) is 31.9 Å². The molecule has 1 spiro atoms. The number of fused-ring (bicyclic) bond motifs is 16. The Morgan fingerprint density at radius 2 is 1.14 bits per heavy atom. The molecule has 0 aliphatic carbocycles. The first-order valence-electron chi connectivity index (χ1n) is 22.6. The maximum absolute atomic E-state index is 6.82. The third kappa shape index (κ3) is 4.57. The summed E-state index contributed by atoms with van der Waals surface area (Å²) in [7, 11) is -2.79. The highest BCUT2D eigenvalue weighted by atomic mass is 28.3. The van der Waals surface area contributed by atoms with E-state index in [1.807, 2.05) is 0 Å². The number of anilines is 5. The van der Waals surface area contributed by atoms with Crippen LogP contribution >= 0.6 is 0 Å². The Labute approximate surface area is 375 Å². The molecule has 0 saturated carbocycles. The zero-order chi connectivity index (χ0) is 42.6. The van der Waals surface area contributed by atoms with E-state index < -0.39 is 8.07 Å². The van der Waals surface area contributed by atoms with E-state index in [1.165, 1.54) is 105 Å². The Balaban J connectivity index is 1.14. The predicted molar refractivity (Wildman–Crippen MR) is 272 cm³/mol. The first kappa shape index (κ1) is 36.2. The number of hydrogen-bond acceptors (Lipinski definition) is 3. The molecule has 0 atom stereocenters. The van der Waals surface area contributed by atoms with E-state index in [4.69, 9.17) is 4.42 Å². The zero-order valence-electron chi connectivity index (χ0n) is 36.3. The third-order valence-electron chi connectivity index (χ3n) is 14.8. The number of aryl methyl sites for hydroxylation is 1. The SMILES string of the molecule is Cc1cc2c3c(c1)N(c1ccc(C(C)(C)C)cc1-c1ccccc1)c1cc4c(cc1B3N1c3ccccc3[Si]3(c5ccccc5-c5ccccc53)c3cccc-2c31)oc1ccccc14. The molecule has 10 aromatic rings. The van der Waals surface area contributed by atoms with E-state index in [9.17, 15) is 0 Å². The lowest BCUT2D eigenvalue weighted by Gasteiger charge is -2.51. The lowest BCUT2D eigenvalue weighted by atomic mass is 9.43. The van der Waals surface area contributed by atoms with Crippen LogP contribution < -0.4 is 41.4 Å². The molecule has 9 aromatic carbocycles. The standard InChI is InChI=1S/C59H43BN2OSi/c1-36-31-45-42-22-16-28-56-58(42)62(48-23-11-15-27-55(48)64(56)53-25-13-9-20-40(53)41-21-10-14-26-54(41)64)60-46-35-52-44(39-19-8-12-24-51(39)63-52)34-49(46)61(50(32-36)57(45)60)47-30-29-38(59(2,3)4)33-43(47)37-17-6-5-7-18-37/h5-35H,1-4H3. The van der Waals surface area contributed by atoms with Crippen molar-refractivity contribution in [2.75, 3.05) is 9.71 Å². The maximum atomic E-state index is 6.82. The van der Waals surface area contributed by atoms with Crippen LogP contribution in [0.2, 0.25) is 0 Å². The van der Waals surface area contributed by atoms with Crippen molar-refractivity contribution in [1.29, 1.82) is 0 Å². The molecule has 0 N–H and O–H groups in total. The minimum absolute atomic E-state index is 0.0264. The van der Waals surface area contributed by atoms with Crippen molar-refractivity contribution in [2.24, 2.45) is 0 Å². The normalized spacial score (nSPS) is 14.6. The van der Waals surface area contributed by atoms with Crippen molar-refractivity contribution in [3.05, 3.63) is 199 Å². The number of nitrogens with zero attached hydrogens (tertiary/aromatic N) is 2. The molecule has 1 aromatic heterocycles. The highest BCUT2D eigenvalue weighted by Crippen LogP contribution is 2.51. The largest absolute Gasteiger partial charge is 0.456 e. The molecule has 0 unspecified atom stereocenters. The van der Waals surface area contributed by atoms with E-state index in [1.54, 1.807) is 0 Å². The Kier molecular flexibility index (Phi) is 7.15. The summed E-state index contributed by atoms with van der Waals surface area (Å²) in [5, 5.41) is 8.15. The van der Waals surface area contributed by atoms with Crippen LogP contribution in [0.5, 0.6) is 0 Å². The molecule has 4 aliphatic rings. The number of hydrogen-bond donors (Lipinski definition) is 0. The van der Waals surface area contributed by atoms with Gasteiger partial charge >= 0.3 is 6.85 Å². The second kappa shape index (κ2) is 12.6. The van der Waals surface area contributed by atoms with Crippen molar-refractivity contribution in [3.63, 3.8) is 0 Å². The Morgan fingerprint density at radius 1 is 0.469 bits per heavy atom. The van der Waals surface area contributed by atoms with E-state index in [2.05, 4.69) is 225 Å². The molecule has 3 nitrogen and oxygen atoms in total. The van der Waals surface area contributed by atoms with Gasteiger partial charge in [0.15, 0.2) is 8.07 Å². The van der Waals surface area contributed by atoms with Gasteiger partial charge in [-0.25, -0.2) is 0 Å². The third-order valence-corrected chi connectivity index (χ3v) is 19.7. The first-order chi connectivity index (χ1) is 31.3. The minimum atomic E-state index is -2.79. The van der Waals surface area contributed by atoms with Gasteiger partial charge in [-0.05, 0) is 120 Å². The molecule has 5 heterocycles. The van der Waals surface area contributed by atoms with Gasteiger partial charge in [0.2, 0.25) is 0 Å². The van der Waals surface area contributed by atoms with Gasteiger partial charge in [-0.2, -0.15) is 0 Å². The van der Waals surface area contributed by atoms with Gasteiger partial charge in [0, 0.05) is 44.6 Å². The maximum Gasteiger partial charge on any atom is 0.333 e. The van der Waals surface area contributed by atoms with Gasteiger partial charge in [-0.15, -0.1) is 0 Å². The number of para-hydroxylation sites is 3. The van der Waals surface area contributed by atoms with Crippen LogP contribution in [-0.4, -0.2) is 14.9 Å². The summed E-state index contributed by atoms with van der Waals surface area (Å²) in [4.78, 5) is 5.34. The van der Waals surface area contributed by atoms with Crippen LogP contribution in [0, 0.1) is 6.92 Å². The average molecular weight is 835 g/mol. The molecule has 5 heteroatoms. The number of rotatable bonds is 2. The van der Waals surface area contributed by atoms with Crippen LogP contribution in [0.3, 0.4) is 0 Å². The second-order valence-electron chi connectivity index (χ2n) is 19.3. The van der Waals surface area contributed by atoms with Crippen molar-refractivity contribution >= 4 is 97.0 Å². The van der Waals surface area contributed by atoms with Gasteiger partial charge in [0.1, 0.15) is 11.2 Å². The van der Waals surface area contributed by atoms with Crippen LogP contribution in [0.4, 0.5) is 28.4 Å². The summed E-state index contributed by atoms with van der Waals surface area (Å²) in [6.07, 6.45) is 0. The van der Waals surface area contributed by atoms with Crippen molar-refractivity contribution in [1.82, 2.24) is 0 Å². The van der Waals surface area contributed by atoms with Crippen molar-refractivity contribution < 1.29 is 4.42 Å². The predicted octanol–water partition coefficient (Wildman–Crippen LogP) is 11.2. The summed E-state index contributed by atoms with van der Waals surface area (Å²) in [6.45, 7) is 9.09. The minimum Gasteiger partial charge on any atom is -0.456 e. The lowest BCUT2D eigenvalue weighted by Crippen LogP contribution is -2.78. The molecule has 302 valence electrons. The molecule has 0 saturated heterocycles. The van der Waals surface area contributed by atoms with E-state index >= 15 is 0 Å². The Bertz CT molecular complexity index is 3610. The zero-order valence-corrected chi connectivity index (χ0v) is 37.3. The summed E-state index contributed by atoms with van der Waals surface area (Å²) in [5.41, 5.74) is 20.9. The first-order valence-corrected chi connectivity index (χ1v) is 24.6. The van der Waals surface area contributed by atoms with Gasteiger partial charge in [-0.3, -0.25) is 0 Å². The fourth-order valence-electron chi connectivity index (χ4n) is 12.2. The number of furan rings is 1. The molecule has 0 amide bonds. The fourth-order valence-corrected chi connectivity index (χ4v) is 17.8. The van der Waals surface area contributed by atoms with Crippen LogP contribution in [0.25, 0.3) is 55.3 Å². The second-order valence-corrected chi connectivity index (χ2v) is 22.9. The van der Waals surface area contributed by atoms with Crippen LogP contribution in [-0.2, 0) is 5.41 Å². The smallest absolute Gasteiger partial charge is 0.333 e. The van der Waals surface area contributed by atoms with Gasteiger partial charge < -0.3 is 14.1 Å². The van der Waals surface area contributed by atoms with Gasteiger partial charge in [0.05, 0.1) is 5.69 Å². The summed E-state index contributed by atoms with van der Waals surface area (Å²) >= 11 is 0. The molecule has 14 rings (SSSR count). The summed E-state index contributed by atoms with van der Waals surface area (Å²) in [5.74, 6) is 0. The fraction of sp³-hybridized carbons (Fsp3) is 0.0847. The average Bonchev–Trinajstić information content (AvgIpc) is 3.83. The molecule has 64 heavy (non-hydrogen) atoms. The summed E-state index contributed by atoms with van der Waals surface area (Å²) in [6, 6.07) is 71.6. The molecular formula is C59H43BN2OSi. The quantitative estimate of drug-likeness (QED) is 0.162. The lowest BCUT2D eigenvalue weighted by molar-refractivity contribution is 0.590. The highest BCUT2D eigenvalue weighted by Gasteiger charge is 2.57. The van der Waals surface area contributed by atoms with Crippen LogP contribution in [0.15, 0.2) is 192 Å². The van der Waals surface area contributed by atoms with Gasteiger partial charge in [-0.1, -0.05) is 166 Å². The molecule has 4 aliphatic heterocycles. The van der Waals surface area contributed by atoms with E-state index in [0.29, 0.717) is 0 Å². The Hall–Kier alpha value is -7.34. The van der Waals surface area contributed by atoms with Crippen molar-refractivity contribution in [2.45, 2.75) is 33.1 Å². The van der Waals surface area contributed by atoms with E-state index in [-0.39, 0.29) is 12.3 Å². The van der Waals surface area contributed by atoms with E-state index in [0.717, 1.165) is 21.9 Å². The molecule has 0 fully saturated rings. The summed E-state index contributed by atoms with van der Waals surface area (Å²) < 4.78 is 6.82. The molecule has 0 bridgehead atoms. The van der Waals surface area contributed by atoms with Crippen molar-refractivity contribution in [3.8, 4) is 33.4 Å². The monoisotopic (exact) mass is 834 g/mol. The molecular weight excluding hydrogens is 792 g/mol. The topological polar surface area (TPSA) is 19.6 Å². The molecule has 0 radical (unpaired) electrons.